The summed E-state index contributed by atoms with van der Waals surface area (Å²) in [6, 6.07) is 12.5. The lowest BCUT2D eigenvalue weighted by molar-refractivity contribution is 0.168. The maximum Gasteiger partial charge on any atom is 0.293 e. The van der Waals surface area contributed by atoms with E-state index in [9.17, 15) is 13.2 Å². The average molecular weight is 521 g/mol. The van der Waals surface area contributed by atoms with E-state index in [1.807, 2.05) is 0 Å². The average Bonchev–Trinajstić information content (AvgIpc) is 2.80. The number of anilines is 2. The normalized spacial score (nSPS) is 11.5. The second-order valence-electron chi connectivity index (χ2n) is 7.10. The smallest absolute Gasteiger partial charge is 0.293 e. The standard InChI is InChI=1S/C22H18Cl2N4O5S/c1-33-28-20-13(10-16(21(28)30)19-17(23)6-3-7-18(19)24)12-25-22(27-20)26-14-4-2-5-15(11-14)34(31,32)9-8-29/h2-7,10-12,29H,8-9H2,1H3,(H,25,26,27). The number of aliphatic hydroxyl groups excluding tert-OH is 1. The summed E-state index contributed by atoms with van der Waals surface area (Å²) in [5.74, 6) is -0.279. The Labute approximate surface area is 204 Å². The third-order valence-electron chi connectivity index (χ3n) is 4.93. The van der Waals surface area contributed by atoms with Crippen molar-refractivity contribution in [2.45, 2.75) is 4.90 Å². The molecule has 0 bridgehead atoms. The maximum absolute atomic E-state index is 13.2. The first-order valence-corrected chi connectivity index (χ1v) is 12.3. The van der Waals surface area contributed by atoms with Crippen LogP contribution in [0.1, 0.15) is 0 Å². The molecule has 0 fully saturated rings. The topological polar surface area (TPSA) is 123 Å². The van der Waals surface area contributed by atoms with Crippen LogP contribution >= 0.6 is 23.2 Å². The highest BCUT2D eigenvalue weighted by Crippen LogP contribution is 2.33. The molecule has 4 aromatic rings. The molecule has 0 aliphatic rings. The van der Waals surface area contributed by atoms with Gasteiger partial charge in [0.05, 0.1) is 32.9 Å². The van der Waals surface area contributed by atoms with E-state index >= 15 is 0 Å². The largest absolute Gasteiger partial charge is 0.412 e. The van der Waals surface area contributed by atoms with Crippen LogP contribution in [0.4, 0.5) is 11.6 Å². The second kappa shape index (κ2) is 9.59. The Kier molecular flexibility index (Phi) is 6.76. The van der Waals surface area contributed by atoms with Crippen LogP contribution < -0.4 is 15.7 Å². The van der Waals surface area contributed by atoms with E-state index in [1.165, 1.54) is 25.4 Å². The lowest BCUT2D eigenvalue weighted by Gasteiger charge is -2.13. The summed E-state index contributed by atoms with van der Waals surface area (Å²) < 4.78 is 25.5. The Morgan fingerprint density at radius 1 is 1.12 bits per heavy atom. The number of hydrogen-bond acceptors (Lipinski definition) is 8. The van der Waals surface area contributed by atoms with Crippen LogP contribution in [-0.4, -0.2) is 47.7 Å². The van der Waals surface area contributed by atoms with E-state index < -0.39 is 22.0 Å². The number of aliphatic hydroxyl groups is 1. The quantitative estimate of drug-likeness (QED) is 0.380. The monoisotopic (exact) mass is 520 g/mol. The molecular weight excluding hydrogens is 503 g/mol. The van der Waals surface area contributed by atoms with E-state index in [0.717, 1.165) is 4.73 Å². The van der Waals surface area contributed by atoms with Gasteiger partial charge in [0.2, 0.25) is 5.95 Å². The van der Waals surface area contributed by atoms with Gasteiger partial charge in [0, 0.05) is 22.8 Å². The summed E-state index contributed by atoms with van der Waals surface area (Å²) in [6.07, 6.45) is 1.49. The van der Waals surface area contributed by atoms with Gasteiger partial charge in [-0.1, -0.05) is 35.3 Å². The predicted molar refractivity (Wildman–Crippen MR) is 131 cm³/mol. The summed E-state index contributed by atoms with van der Waals surface area (Å²) in [6.45, 7) is -0.482. The number of nitrogens with one attached hydrogen (secondary N) is 1. The molecule has 9 nitrogen and oxygen atoms in total. The maximum atomic E-state index is 13.2. The molecule has 2 heterocycles. The number of aromatic nitrogens is 3. The van der Waals surface area contributed by atoms with Gasteiger partial charge in [0.1, 0.15) is 7.11 Å². The number of benzene rings is 2. The first-order valence-electron chi connectivity index (χ1n) is 9.87. The molecule has 0 radical (unpaired) electrons. The van der Waals surface area contributed by atoms with E-state index in [0.29, 0.717) is 26.7 Å². The minimum atomic E-state index is -3.63. The molecule has 34 heavy (non-hydrogen) atoms. The summed E-state index contributed by atoms with van der Waals surface area (Å²) in [5.41, 5.74) is 0.652. The van der Waals surface area contributed by atoms with Crippen molar-refractivity contribution in [2.75, 3.05) is 24.8 Å². The third kappa shape index (κ3) is 4.58. The van der Waals surface area contributed by atoms with E-state index in [4.69, 9.17) is 33.1 Å². The molecule has 0 atom stereocenters. The highest BCUT2D eigenvalue weighted by atomic mass is 35.5. The van der Waals surface area contributed by atoms with Crippen molar-refractivity contribution in [3.63, 3.8) is 0 Å². The fraction of sp³-hybridized carbons (Fsp3) is 0.136. The molecule has 0 spiro atoms. The minimum Gasteiger partial charge on any atom is -0.412 e. The number of halogens is 2. The minimum absolute atomic E-state index is 0.0439. The molecule has 0 saturated carbocycles. The van der Waals surface area contributed by atoms with Gasteiger partial charge < -0.3 is 15.3 Å². The summed E-state index contributed by atoms with van der Waals surface area (Å²) >= 11 is 12.6. The van der Waals surface area contributed by atoms with Gasteiger partial charge in [-0.2, -0.15) is 4.98 Å². The van der Waals surface area contributed by atoms with E-state index in [1.54, 1.807) is 36.4 Å². The Morgan fingerprint density at radius 2 is 1.82 bits per heavy atom. The van der Waals surface area contributed by atoms with Crippen molar-refractivity contribution in [2.24, 2.45) is 0 Å². The van der Waals surface area contributed by atoms with Crippen LogP contribution in [0.5, 0.6) is 0 Å². The summed E-state index contributed by atoms with van der Waals surface area (Å²) in [5, 5.41) is 13.0. The van der Waals surface area contributed by atoms with Crippen molar-refractivity contribution in [3.05, 3.63) is 75.1 Å². The van der Waals surface area contributed by atoms with Crippen molar-refractivity contribution in [1.82, 2.24) is 14.7 Å². The van der Waals surface area contributed by atoms with E-state index in [-0.39, 0.29) is 27.8 Å². The molecule has 0 unspecified atom stereocenters. The molecule has 176 valence electrons. The Bertz CT molecular complexity index is 1540. The van der Waals surface area contributed by atoms with Gasteiger partial charge in [-0.15, -0.1) is 4.73 Å². The molecule has 2 aromatic heterocycles. The fourth-order valence-electron chi connectivity index (χ4n) is 3.37. The number of hydrogen-bond donors (Lipinski definition) is 2. The molecule has 12 heteroatoms. The Morgan fingerprint density at radius 3 is 2.50 bits per heavy atom. The van der Waals surface area contributed by atoms with Gasteiger partial charge >= 0.3 is 0 Å². The first-order chi connectivity index (χ1) is 16.2. The number of sulfone groups is 1. The number of nitrogens with zero attached hydrogens (tertiary/aromatic N) is 3. The lowest BCUT2D eigenvalue weighted by Crippen LogP contribution is -2.27. The molecule has 4 rings (SSSR count). The number of fused-ring (bicyclic) bond motifs is 1. The van der Waals surface area contributed by atoms with Crippen molar-refractivity contribution < 1.29 is 18.4 Å². The molecule has 0 aliphatic carbocycles. The zero-order valence-corrected chi connectivity index (χ0v) is 20.0. The number of rotatable bonds is 7. The van der Waals surface area contributed by atoms with E-state index in [2.05, 4.69) is 15.3 Å². The Balaban J connectivity index is 1.78. The van der Waals surface area contributed by atoms with Crippen LogP contribution in [0.15, 0.2) is 64.4 Å². The van der Waals surface area contributed by atoms with Gasteiger partial charge in [0.15, 0.2) is 15.5 Å². The second-order valence-corrected chi connectivity index (χ2v) is 10.0. The zero-order chi connectivity index (χ0) is 24.5. The highest BCUT2D eigenvalue weighted by molar-refractivity contribution is 7.91. The van der Waals surface area contributed by atoms with Crippen molar-refractivity contribution in [3.8, 4) is 11.1 Å². The third-order valence-corrected chi connectivity index (χ3v) is 7.25. The van der Waals surface area contributed by atoms with Crippen molar-refractivity contribution >= 4 is 55.7 Å². The fourth-order valence-corrected chi connectivity index (χ4v) is 5.04. The highest BCUT2D eigenvalue weighted by Gasteiger charge is 2.19. The van der Waals surface area contributed by atoms with Crippen LogP contribution in [0.25, 0.3) is 22.2 Å². The molecule has 2 N–H and O–H groups in total. The molecule has 0 aliphatic heterocycles. The predicted octanol–water partition coefficient (Wildman–Crippen LogP) is 3.33. The van der Waals surface area contributed by atoms with Crippen LogP contribution in [0, 0.1) is 0 Å². The van der Waals surface area contributed by atoms with Gasteiger partial charge in [-0.05, 0) is 36.4 Å². The van der Waals surface area contributed by atoms with Crippen LogP contribution in [0.3, 0.4) is 0 Å². The summed E-state index contributed by atoms with van der Waals surface area (Å²) in [4.78, 5) is 27.1. The van der Waals surface area contributed by atoms with Gasteiger partial charge in [-0.25, -0.2) is 13.4 Å². The molecule has 2 aromatic carbocycles. The molecule has 0 saturated heterocycles. The SMILES string of the molecule is COn1c(=O)c(-c2c(Cl)cccc2Cl)cc2cnc(Nc3cccc(S(=O)(=O)CCO)c3)nc21. The van der Waals surface area contributed by atoms with Gasteiger partial charge in [-0.3, -0.25) is 4.79 Å². The van der Waals surface area contributed by atoms with Crippen LogP contribution in [-0.2, 0) is 9.84 Å². The zero-order valence-electron chi connectivity index (χ0n) is 17.7. The van der Waals surface area contributed by atoms with Crippen molar-refractivity contribution in [1.29, 1.82) is 0 Å². The van der Waals surface area contributed by atoms with Crippen LogP contribution in [0.2, 0.25) is 10.0 Å². The molecule has 0 amide bonds. The number of pyridine rings is 1. The van der Waals surface area contributed by atoms with Gasteiger partial charge in [0.25, 0.3) is 5.56 Å². The lowest BCUT2D eigenvalue weighted by atomic mass is 10.1. The molecular formula is C22H18Cl2N4O5S. The first kappa shape index (κ1) is 24.0. The Hall–Kier alpha value is -3.18. The summed E-state index contributed by atoms with van der Waals surface area (Å²) in [7, 11) is -2.31.